The van der Waals surface area contributed by atoms with Crippen molar-refractivity contribution in [2.24, 2.45) is 0 Å². The van der Waals surface area contributed by atoms with Crippen LogP contribution in [0.25, 0.3) is 10.6 Å². The number of rotatable bonds is 4. The Morgan fingerprint density at radius 3 is 2.42 bits per heavy atom. The first-order valence-electron chi connectivity index (χ1n) is 5.95. The second-order valence-electron chi connectivity index (χ2n) is 4.42. The van der Waals surface area contributed by atoms with Crippen LogP contribution in [0.1, 0.15) is 29.2 Å². The number of benzene rings is 1. The van der Waals surface area contributed by atoms with E-state index in [1.165, 1.54) is 11.3 Å². The summed E-state index contributed by atoms with van der Waals surface area (Å²) in [6.45, 7) is 5.70. The molecule has 0 unspecified atom stereocenters. The lowest BCUT2D eigenvalue weighted by atomic mass is 10.2. The molecule has 1 aromatic carbocycles. The minimum Gasteiger partial charge on any atom is -0.491 e. The van der Waals surface area contributed by atoms with Crippen molar-refractivity contribution < 1.29 is 14.6 Å². The molecule has 0 saturated heterocycles. The Morgan fingerprint density at radius 1 is 1.32 bits per heavy atom. The topological polar surface area (TPSA) is 59.4 Å². The molecule has 1 aromatic heterocycles. The normalized spacial score (nSPS) is 10.7. The standard InChI is InChI=1S/C14H15NO3S/c1-8(2)18-11-6-4-10(5-7-11)13-15-12(14(16)17)9(3)19-13/h4-8H,1-3H3,(H,16,17). The number of aryl methyl sites for hydroxylation is 1. The van der Waals surface area contributed by atoms with Crippen LogP contribution < -0.4 is 4.74 Å². The number of nitrogens with zero attached hydrogens (tertiary/aromatic N) is 1. The fourth-order valence-corrected chi connectivity index (χ4v) is 2.58. The van der Waals surface area contributed by atoms with Crippen molar-refractivity contribution in [2.75, 3.05) is 0 Å². The Balaban J connectivity index is 2.27. The van der Waals surface area contributed by atoms with Crippen molar-refractivity contribution in [3.8, 4) is 16.3 Å². The first-order valence-corrected chi connectivity index (χ1v) is 6.77. The number of hydrogen-bond acceptors (Lipinski definition) is 4. The molecule has 0 aliphatic carbocycles. The first kappa shape index (κ1) is 13.5. The van der Waals surface area contributed by atoms with Crippen LogP contribution in [0.5, 0.6) is 5.75 Å². The number of hydrogen-bond donors (Lipinski definition) is 1. The van der Waals surface area contributed by atoms with Gasteiger partial charge in [-0.05, 0) is 45.0 Å². The van der Waals surface area contributed by atoms with Gasteiger partial charge in [-0.3, -0.25) is 0 Å². The molecule has 100 valence electrons. The molecule has 1 N–H and O–H groups in total. The van der Waals surface area contributed by atoms with Crippen LogP contribution in [0.15, 0.2) is 24.3 Å². The van der Waals surface area contributed by atoms with Crippen LogP contribution in [0.4, 0.5) is 0 Å². The van der Waals surface area contributed by atoms with Crippen molar-refractivity contribution >= 4 is 17.3 Å². The summed E-state index contributed by atoms with van der Waals surface area (Å²) in [5.41, 5.74) is 1.03. The molecule has 0 amide bonds. The number of carbonyl (C=O) groups is 1. The molecule has 4 nitrogen and oxygen atoms in total. The van der Waals surface area contributed by atoms with Crippen LogP contribution in [0.3, 0.4) is 0 Å². The zero-order chi connectivity index (χ0) is 14.0. The quantitative estimate of drug-likeness (QED) is 0.927. The minimum absolute atomic E-state index is 0.127. The molecule has 2 aromatic rings. The second-order valence-corrected chi connectivity index (χ2v) is 5.62. The molecular formula is C14H15NO3S. The van der Waals surface area contributed by atoms with Gasteiger partial charge in [0.05, 0.1) is 6.10 Å². The van der Waals surface area contributed by atoms with Crippen molar-refractivity contribution in [2.45, 2.75) is 26.9 Å². The predicted molar refractivity (Wildman–Crippen MR) is 75.0 cm³/mol. The number of ether oxygens (including phenoxy) is 1. The Morgan fingerprint density at radius 2 is 1.95 bits per heavy atom. The SMILES string of the molecule is Cc1sc(-c2ccc(OC(C)C)cc2)nc1C(=O)O. The molecule has 1 heterocycles. The molecule has 5 heteroatoms. The maximum Gasteiger partial charge on any atom is 0.355 e. The molecule has 0 bridgehead atoms. The van der Waals surface area contributed by atoms with E-state index in [-0.39, 0.29) is 11.8 Å². The summed E-state index contributed by atoms with van der Waals surface area (Å²) >= 11 is 1.38. The summed E-state index contributed by atoms with van der Waals surface area (Å²) < 4.78 is 5.56. The highest BCUT2D eigenvalue weighted by molar-refractivity contribution is 7.15. The molecule has 19 heavy (non-hydrogen) atoms. The van der Waals surface area contributed by atoms with Crippen LogP contribution in [0, 0.1) is 6.92 Å². The Kier molecular flexibility index (Phi) is 3.85. The van der Waals surface area contributed by atoms with E-state index in [1.807, 2.05) is 38.1 Å². The zero-order valence-electron chi connectivity index (χ0n) is 11.0. The van der Waals surface area contributed by atoms with Gasteiger partial charge in [-0.25, -0.2) is 9.78 Å². The van der Waals surface area contributed by atoms with Crippen molar-refractivity contribution in [3.63, 3.8) is 0 Å². The predicted octanol–water partition coefficient (Wildman–Crippen LogP) is 3.60. The molecule has 0 aliphatic heterocycles. The second kappa shape index (κ2) is 5.40. The van der Waals surface area contributed by atoms with Gasteiger partial charge in [0, 0.05) is 10.4 Å². The molecular weight excluding hydrogens is 262 g/mol. The van der Waals surface area contributed by atoms with Gasteiger partial charge in [-0.15, -0.1) is 11.3 Å². The third-order valence-corrected chi connectivity index (χ3v) is 3.49. The third kappa shape index (κ3) is 3.12. The van der Waals surface area contributed by atoms with E-state index >= 15 is 0 Å². The summed E-state index contributed by atoms with van der Waals surface area (Å²) in [5, 5.41) is 9.71. The number of aromatic carboxylic acids is 1. The monoisotopic (exact) mass is 277 g/mol. The maximum atomic E-state index is 11.0. The average molecular weight is 277 g/mol. The van der Waals surface area contributed by atoms with Crippen LogP contribution in [-0.4, -0.2) is 22.2 Å². The maximum absolute atomic E-state index is 11.0. The van der Waals surface area contributed by atoms with Gasteiger partial charge in [0.1, 0.15) is 10.8 Å². The summed E-state index contributed by atoms with van der Waals surface area (Å²) in [4.78, 5) is 15.8. The average Bonchev–Trinajstić information content (AvgIpc) is 2.71. The number of carboxylic acids is 1. The van der Waals surface area contributed by atoms with E-state index in [1.54, 1.807) is 6.92 Å². The molecule has 0 spiro atoms. The third-order valence-electron chi connectivity index (χ3n) is 2.47. The molecule has 0 aliphatic rings. The van der Waals surface area contributed by atoms with Crippen molar-refractivity contribution in [1.29, 1.82) is 0 Å². The smallest absolute Gasteiger partial charge is 0.355 e. The van der Waals surface area contributed by atoms with Crippen LogP contribution in [-0.2, 0) is 0 Å². The van der Waals surface area contributed by atoms with E-state index in [9.17, 15) is 4.79 Å². The number of carboxylic acid groups (broad SMARTS) is 1. The van der Waals surface area contributed by atoms with Crippen molar-refractivity contribution in [3.05, 3.63) is 34.8 Å². The van der Waals surface area contributed by atoms with Crippen molar-refractivity contribution in [1.82, 2.24) is 4.98 Å². The van der Waals surface area contributed by atoms with Gasteiger partial charge < -0.3 is 9.84 Å². The van der Waals surface area contributed by atoms with E-state index in [0.717, 1.165) is 11.3 Å². The lowest BCUT2D eigenvalue weighted by Crippen LogP contribution is -2.05. The number of thiazole rings is 1. The lowest BCUT2D eigenvalue weighted by molar-refractivity contribution is 0.0690. The van der Waals surface area contributed by atoms with Gasteiger partial charge in [-0.2, -0.15) is 0 Å². The summed E-state index contributed by atoms with van der Waals surface area (Å²) in [5.74, 6) is -0.190. The van der Waals surface area contributed by atoms with Gasteiger partial charge in [0.25, 0.3) is 0 Å². The van der Waals surface area contributed by atoms with E-state index in [2.05, 4.69) is 4.98 Å². The van der Waals surface area contributed by atoms with Gasteiger partial charge in [0.2, 0.25) is 0 Å². The first-order chi connectivity index (χ1) is 8.97. The van der Waals surface area contributed by atoms with E-state index in [0.29, 0.717) is 9.88 Å². The fourth-order valence-electron chi connectivity index (χ4n) is 1.67. The lowest BCUT2D eigenvalue weighted by Gasteiger charge is -2.09. The largest absolute Gasteiger partial charge is 0.491 e. The van der Waals surface area contributed by atoms with Gasteiger partial charge in [-0.1, -0.05) is 0 Å². The van der Waals surface area contributed by atoms with Gasteiger partial charge >= 0.3 is 5.97 Å². The van der Waals surface area contributed by atoms with Crippen LogP contribution >= 0.6 is 11.3 Å². The fraction of sp³-hybridized carbons (Fsp3) is 0.286. The van der Waals surface area contributed by atoms with E-state index < -0.39 is 5.97 Å². The highest BCUT2D eigenvalue weighted by Crippen LogP contribution is 2.29. The number of aromatic nitrogens is 1. The molecule has 0 fully saturated rings. The van der Waals surface area contributed by atoms with Gasteiger partial charge in [0.15, 0.2) is 5.69 Å². The Labute approximate surface area is 115 Å². The highest BCUT2D eigenvalue weighted by Gasteiger charge is 2.15. The summed E-state index contributed by atoms with van der Waals surface area (Å²) in [6, 6.07) is 7.52. The minimum atomic E-state index is -0.986. The molecule has 0 saturated carbocycles. The summed E-state index contributed by atoms with van der Waals surface area (Å²) in [7, 11) is 0. The molecule has 0 radical (unpaired) electrons. The molecule has 2 rings (SSSR count). The highest BCUT2D eigenvalue weighted by atomic mass is 32.1. The Bertz CT molecular complexity index is 587. The van der Waals surface area contributed by atoms with Crippen LogP contribution in [0.2, 0.25) is 0 Å². The van der Waals surface area contributed by atoms with E-state index in [4.69, 9.17) is 9.84 Å². The molecule has 0 atom stereocenters. The zero-order valence-corrected chi connectivity index (χ0v) is 11.8. The Hall–Kier alpha value is -1.88. The summed E-state index contributed by atoms with van der Waals surface area (Å²) in [6.07, 6.45) is 0.131.